The van der Waals surface area contributed by atoms with Crippen LogP contribution in [0.25, 0.3) is 0 Å². The summed E-state index contributed by atoms with van der Waals surface area (Å²) in [5, 5.41) is 7.06. The second-order valence-corrected chi connectivity index (χ2v) is 6.15. The van der Waals surface area contributed by atoms with E-state index < -0.39 is 0 Å². The van der Waals surface area contributed by atoms with Crippen LogP contribution >= 0.6 is 0 Å². The Hall–Kier alpha value is -1.84. The van der Waals surface area contributed by atoms with Gasteiger partial charge in [-0.3, -0.25) is 0 Å². The van der Waals surface area contributed by atoms with E-state index in [-0.39, 0.29) is 0 Å². The molecule has 0 aliphatic carbocycles. The number of rotatable bonds is 7. The number of nitrogens with one attached hydrogen (secondary N) is 2. The summed E-state index contributed by atoms with van der Waals surface area (Å²) in [5.41, 5.74) is 2.56. The van der Waals surface area contributed by atoms with E-state index in [1.807, 2.05) is 18.2 Å². The van der Waals surface area contributed by atoms with E-state index >= 15 is 0 Å². The lowest BCUT2D eigenvalue weighted by Gasteiger charge is -2.23. The molecule has 3 rings (SSSR count). The summed E-state index contributed by atoms with van der Waals surface area (Å²) in [6, 6.07) is 19.4. The molecule has 2 aromatic carbocycles. The third-order valence-corrected chi connectivity index (χ3v) is 4.36. The molecule has 0 aromatic heterocycles. The van der Waals surface area contributed by atoms with Crippen molar-refractivity contribution < 1.29 is 4.74 Å². The van der Waals surface area contributed by atoms with Crippen molar-refractivity contribution in [3.63, 3.8) is 0 Å². The molecule has 2 aromatic rings. The van der Waals surface area contributed by atoms with Crippen molar-refractivity contribution in [1.82, 2.24) is 10.6 Å². The molecule has 23 heavy (non-hydrogen) atoms. The molecule has 1 heterocycles. The third-order valence-electron chi connectivity index (χ3n) is 4.36. The fourth-order valence-corrected chi connectivity index (χ4v) is 2.94. The topological polar surface area (TPSA) is 33.3 Å². The second kappa shape index (κ2) is 8.70. The van der Waals surface area contributed by atoms with Crippen LogP contribution < -0.4 is 15.4 Å². The van der Waals surface area contributed by atoms with Crippen LogP contribution in [0, 0.1) is 0 Å². The predicted octanol–water partition coefficient (Wildman–Crippen LogP) is 3.15. The lowest BCUT2D eigenvalue weighted by atomic mass is 10.1. The summed E-state index contributed by atoms with van der Waals surface area (Å²) >= 11 is 0. The van der Waals surface area contributed by atoms with E-state index in [1.165, 1.54) is 24.0 Å². The second-order valence-electron chi connectivity index (χ2n) is 6.15. The van der Waals surface area contributed by atoms with Crippen LogP contribution in [0.3, 0.4) is 0 Å². The fourth-order valence-electron chi connectivity index (χ4n) is 2.94. The van der Waals surface area contributed by atoms with Crippen LogP contribution in [-0.2, 0) is 13.0 Å². The molecular formula is C20H26N2O. The Morgan fingerprint density at radius 3 is 2.39 bits per heavy atom. The van der Waals surface area contributed by atoms with Crippen molar-refractivity contribution in [3.8, 4) is 5.75 Å². The molecule has 0 radical (unpaired) electrons. The Morgan fingerprint density at radius 2 is 1.65 bits per heavy atom. The van der Waals surface area contributed by atoms with Gasteiger partial charge in [-0.2, -0.15) is 0 Å². The van der Waals surface area contributed by atoms with Gasteiger partial charge in [0.25, 0.3) is 0 Å². The highest BCUT2D eigenvalue weighted by atomic mass is 16.5. The highest BCUT2D eigenvalue weighted by molar-refractivity contribution is 5.28. The van der Waals surface area contributed by atoms with Crippen LogP contribution in [0.1, 0.15) is 24.0 Å². The Balaban J connectivity index is 1.40. The molecule has 2 N–H and O–H groups in total. The van der Waals surface area contributed by atoms with Crippen molar-refractivity contribution in [1.29, 1.82) is 0 Å². The molecule has 0 unspecified atom stereocenters. The molecular weight excluding hydrogens is 284 g/mol. The first-order valence-corrected chi connectivity index (χ1v) is 8.60. The van der Waals surface area contributed by atoms with E-state index in [9.17, 15) is 0 Å². The van der Waals surface area contributed by atoms with Gasteiger partial charge in [0.05, 0.1) is 0 Å². The predicted molar refractivity (Wildman–Crippen MR) is 94.8 cm³/mol. The molecule has 0 bridgehead atoms. The highest BCUT2D eigenvalue weighted by Crippen LogP contribution is 2.14. The maximum Gasteiger partial charge on any atom is 0.119 e. The van der Waals surface area contributed by atoms with Gasteiger partial charge in [-0.05, 0) is 62.2 Å². The molecule has 3 nitrogen and oxygen atoms in total. The van der Waals surface area contributed by atoms with E-state index in [2.05, 4.69) is 47.0 Å². The maximum absolute atomic E-state index is 5.82. The number of ether oxygens (including phenoxy) is 1. The van der Waals surface area contributed by atoms with Gasteiger partial charge in [-0.15, -0.1) is 0 Å². The van der Waals surface area contributed by atoms with Crippen LogP contribution in [0.15, 0.2) is 54.6 Å². The minimum Gasteiger partial charge on any atom is -0.489 e. The van der Waals surface area contributed by atoms with Crippen molar-refractivity contribution in [3.05, 3.63) is 65.7 Å². The van der Waals surface area contributed by atoms with Gasteiger partial charge >= 0.3 is 0 Å². The lowest BCUT2D eigenvalue weighted by Crippen LogP contribution is -2.40. The van der Waals surface area contributed by atoms with Gasteiger partial charge in [-0.1, -0.05) is 42.5 Å². The number of benzene rings is 2. The fraction of sp³-hybridized carbons (Fsp3) is 0.400. The SMILES string of the molecule is c1ccc(COc2ccc(CCNC3CCNCC3)cc2)cc1. The zero-order valence-corrected chi connectivity index (χ0v) is 13.6. The van der Waals surface area contributed by atoms with E-state index in [0.717, 1.165) is 31.8 Å². The molecule has 1 aliphatic heterocycles. The summed E-state index contributed by atoms with van der Waals surface area (Å²) in [7, 11) is 0. The number of hydrogen-bond donors (Lipinski definition) is 2. The van der Waals surface area contributed by atoms with Gasteiger partial charge in [-0.25, -0.2) is 0 Å². The average molecular weight is 310 g/mol. The van der Waals surface area contributed by atoms with Gasteiger partial charge < -0.3 is 15.4 Å². The molecule has 0 atom stereocenters. The summed E-state index contributed by atoms with van der Waals surface area (Å²) in [6.45, 7) is 3.96. The summed E-state index contributed by atoms with van der Waals surface area (Å²) in [5.74, 6) is 0.934. The Labute approximate surface area is 139 Å². The van der Waals surface area contributed by atoms with Crippen molar-refractivity contribution >= 4 is 0 Å². The van der Waals surface area contributed by atoms with E-state index in [4.69, 9.17) is 4.74 Å². The molecule has 0 saturated carbocycles. The van der Waals surface area contributed by atoms with Gasteiger partial charge in [0.15, 0.2) is 0 Å². The monoisotopic (exact) mass is 310 g/mol. The first-order valence-electron chi connectivity index (χ1n) is 8.60. The lowest BCUT2D eigenvalue weighted by molar-refractivity contribution is 0.306. The van der Waals surface area contributed by atoms with Crippen molar-refractivity contribution in [2.75, 3.05) is 19.6 Å². The molecule has 122 valence electrons. The van der Waals surface area contributed by atoms with Crippen LogP contribution in [0.4, 0.5) is 0 Å². The quantitative estimate of drug-likeness (QED) is 0.824. The van der Waals surface area contributed by atoms with Gasteiger partial charge in [0, 0.05) is 6.04 Å². The average Bonchev–Trinajstić information content (AvgIpc) is 2.63. The maximum atomic E-state index is 5.82. The third kappa shape index (κ3) is 5.38. The molecule has 1 saturated heterocycles. The summed E-state index contributed by atoms with van der Waals surface area (Å²) < 4.78 is 5.82. The van der Waals surface area contributed by atoms with Crippen LogP contribution in [0.5, 0.6) is 5.75 Å². The summed E-state index contributed by atoms with van der Waals surface area (Å²) in [4.78, 5) is 0. The van der Waals surface area contributed by atoms with E-state index in [0.29, 0.717) is 12.6 Å². The molecule has 1 fully saturated rings. The van der Waals surface area contributed by atoms with Gasteiger partial charge in [0.1, 0.15) is 12.4 Å². The minimum atomic E-state index is 0.622. The Kier molecular flexibility index (Phi) is 6.07. The van der Waals surface area contributed by atoms with E-state index in [1.54, 1.807) is 0 Å². The largest absolute Gasteiger partial charge is 0.489 e. The molecule has 3 heteroatoms. The first kappa shape index (κ1) is 16.0. The standard InChI is InChI=1S/C20H26N2O/c1-2-4-18(5-3-1)16-23-20-8-6-17(7-9-20)10-15-22-19-11-13-21-14-12-19/h1-9,19,21-22H,10-16H2. The van der Waals surface area contributed by atoms with Crippen molar-refractivity contribution in [2.24, 2.45) is 0 Å². The number of piperidine rings is 1. The minimum absolute atomic E-state index is 0.622. The highest BCUT2D eigenvalue weighted by Gasteiger charge is 2.11. The zero-order chi connectivity index (χ0) is 15.7. The normalized spacial score (nSPS) is 15.5. The molecule has 0 spiro atoms. The Bertz CT molecular complexity index is 562. The van der Waals surface area contributed by atoms with Crippen LogP contribution in [-0.4, -0.2) is 25.7 Å². The van der Waals surface area contributed by atoms with Crippen molar-refractivity contribution in [2.45, 2.75) is 31.9 Å². The molecule has 1 aliphatic rings. The first-order chi connectivity index (χ1) is 11.4. The zero-order valence-electron chi connectivity index (χ0n) is 13.6. The van der Waals surface area contributed by atoms with Gasteiger partial charge in [0.2, 0.25) is 0 Å². The molecule has 0 amide bonds. The Morgan fingerprint density at radius 1 is 0.913 bits per heavy atom. The van der Waals surface area contributed by atoms with Crippen LogP contribution in [0.2, 0.25) is 0 Å². The smallest absolute Gasteiger partial charge is 0.119 e. The summed E-state index contributed by atoms with van der Waals surface area (Å²) in [6.07, 6.45) is 3.56. The number of hydrogen-bond acceptors (Lipinski definition) is 3.